The van der Waals surface area contributed by atoms with Crippen molar-refractivity contribution in [2.24, 2.45) is 0 Å². The van der Waals surface area contributed by atoms with Crippen molar-refractivity contribution >= 4 is 21.6 Å². The summed E-state index contributed by atoms with van der Waals surface area (Å²) in [6, 6.07) is 10.8. The SMILES string of the molecule is Cc1ccc(C)c(S(=O)(=O)N2CC[NH+]([C@@H](C)C(=O)Nc3cccc(F)c3)CC2)c1. The average Bonchev–Trinajstić information content (AvgIpc) is 2.69. The second kappa shape index (κ2) is 8.61. The minimum atomic E-state index is -3.56. The highest BCUT2D eigenvalue weighted by molar-refractivity contribution is 7.89. The number of hydrogen-bond acceptors (Lipinski definition) is 3. The van der Waals surface area contributed by atoms with Crippen LogP contribution < -0.4 is 10.2 Å². The van der Waals surface area contributed by atoms with Crippen molar-refractivity contribution in [3.05, 3.63) is 59.4 Å². The summed E-state index contributed by atoms with van der Waals surface area (Å²) in [6.07, 6.45) is 0. The third-order valence-corrected chi connectivity index (χ3v) is 7.46. The average molecular weight is 421 g/mol. The molecule has 1 atom stereocenters. The summed E-state index contributed by atoms with van der Waals surface area (Å²) in [4.78, 5) is 13.9. The van der Waals surface area contributed by atoms with E-state index >= 15 is 0 Å². The highest BCUT2D eigenvalue weighted by Gasteiger charge is 2.35. The van der Waals surface area contributed by atoms with Gasteiger partial charge in [0.2, 0.25) is 10.0 Å². The fourth-order valence-electron chi connectivity index (χ4n) is 3.57. The first kappa shape index (κ1) is 21.4. The number of nitrogens with one attached hydrogen (secondary N) is 2. The van der Waals surface area contributed by atoms with E-state index in [1.54, 1.807) is 32.0 Å². The number of carbonyl (C=O) groups excluding carboxylic acids is 1. The molecule has 2 aromatic rings. The largest absolute Gasteiger partial charge is 0.323 e. The van der Waals surface area contributed by atoms with Gasteiger partial charge in [-0.3, -0.25) is 4.79 Å². The lowest BCUT2D eigenvalue weighted by atomic mass is 10.2. The highest BCUT2D eigenvalue weighted by atomic mass is 32.2. The predicted octanol–water partition coefficient (Wildman–Crippen LogP) is 1.36. The van der Waals surface area contributed by atoms with Crippen LogP contribution in [0.15, 0.2) is 47.4 Å². The molecule has 3 rings (SSSR count). The van der Waals surface area contributed by atoms with E-state index < -0.39 is 15.8 Å². The molecule has 2 N–H and O–H groups in total. The first-order valence-corrected chi connectivity index (χ1v) is 11.1. The monoisotopic (exact) mass is 420 g/mol. The minimum absolute atomic E-state index is 0.212. The second-order valence-electron chi connectivity index (χ2n) is 7.55. The molecule has 2 aromatic carbocycles. The molecule has 0 saturated carbocycles. The van der Waals surface area contributed by atoms with Gasteiger partial charge in [0.1, 0.15) is 5.82 Å². The van der Waals surface area contributed by atoms with Gasteiger partial charge in [0, 0.05) is 5.69 Å². The Morgan fingerprint density at radius 3 is 2.48 bits per heavy atom. The number of rotatable bonds is 5. The molecule has 0 aromatic heterocycles. The van der Waals surface area contributed by atoms with Gasteiger partial charge in [0.05, 0.1) is 31.1 Å². The lowest BCUT2D eigenvalue weighted by Crippen LogP contribution is -3.19. The van der Waals surface area contributed by atoms with Crippen LogP contribution in [0.5, 0.6) is 0 Å². The molecule has 156 valence electrons. The van der Waals surface area contributed by atoms with Crippen LogP contribution in [-0.4, -0.2) is 50.9 Å². The molecule has 0 aliphatic carbocycles. The molecule has 29 heavy (non-hydrogen) atoms. The van der Waals surface area contributed by atoms with Crippen LogP contribution >= 0.6 is 0 Å². The summed E-state index contributed by atoms with van der Waals surface area (Å²) in [6.45, 7) is 7.24. The maximum atomic E-state index is 13.3. The second-order valence-corrected chi connectivity index (χ2v) is 9.46. The van der Waals surface area contributed by atoms with Gasteiger partial charge < -0.3 is 10.2 Å². The molecule has 6 nitrogen and oxygen atoms in total. The topological polar surface area (TPSA) is 70.9 Å². The van der Waals surface area contributed by atoms with Gasteiger partial charge in [-0.25, -0.2) is 12.8 Å². The van der Waals surface area contributed by atoms with Crippen LogP contribution in [0.3, 0.4) is 0 Å². The van der Waals surface area contributed by atoms with Crippen LogP contribution in [0.2, 0.25) is 0 Å². The molecule has 1 fully saturated rings. The maximum Gasteiger partial charge on any atom is 0.282 e. The molecule has 1 aliphatic rings. The van der Waals surface area contributed by atoms with Crippen molar-refractivity contribution in [2.45, 2.75) is 31.7 Å². The zero-order valence-electron chi connectivity index (χ0n) is 16.9. The first-order chi connectivity index (χ1) is 13.7. The Labute approximate surface area is 171 Å². The zero-order chi connectivity index (χ0) is 21.2. The van der Waals surface area contributed by atoms with Gasteiger partial charge in [-0.1, -0.05) is 18.2 Å². The molecule has 0 unspecified atom stereocenters. The van der Waals surface area contributed by atoms with Crippen molar-refractivity contribution in [3.8, 4) is 0 Å². The Bertz CT molecular complexity index is 1000. The molecule has 1 heterocycles. The minimum Gasteiger partial charge on any atom is -0.323 e. The molecule has 0 radical (unpaired) electrons. The summed E-state index contributed by atoms with van der Waals surface area (Å²) < 4.78 is 40.9. The summed E-state index contributed by atoms with van der Waals surface area (Å²) in [5.41, 5.74) is 2.05. The third-order valence-electron chi connectivity index (χ3n) is 5.42. The number of halogens is 1. The number of hydrogen-bond donors (Lipinski definition) is 2. The van der Waals surface area contributed by atoms with Crippen LogP contribution in [-0.2, 0) is 14.8 Å². The fraction of sp³-hybridized carbons (Fsp3) is 0.381. The lowest BCUT2D eigenvalue weighted by Gasteiger charge is -2.34. The van der Waals surface area contributed by atoms with Gasteiger partial charge in [-0.15, -0.1) is 0 Å². The van der Waals surface area contributed by atoms with Crippen LogP contribution in [0.25, 0.3) is 0 Å². The van der Waals surface area contributed by atoms with Crippen LogP contribution in [0.1, 0.15) is 18.1 Å². The van der Waals surface area contributed by atoms with Gasteiger partial charge in [-0.2, -0.15) is 4.31 Å². The van der Waals surface area contributed by atoms with E-state index in [9.17, 15) is 17.6 Å². The van der Waals surface area contributed by atoms with E-state index in [2.05, 4.69) is 5.32 Å². The van der Waals surface area contributed by atoms with Crippen molar-refractivity contribution in [1.29, 1.82) is 0 Å². The molecule has 1 aliphatic heterocycles. The Balaban J connectivity index is 1.63. The van der Waals surface area contributed by atoms with E-state index in [4.69, 9.17) is 0 Å². The number of quaternary nitrogens is 1. The van der Waals surface area contributed by atoms with Crippen molar-refractivity contribution in [2.75, 3.05) is 31.5 Å². The Morgan fingerprint density at radius 1 is 1.14 bits per heavy atom. The van der Waals surface area contributed by atoms with E-state index in [1.165, 1.54) is 16.4 Å². The normalized spacial score (nSPS) is 17.1. The first-order valence-electron chi connectivity index (χ1n) is 9.67. The summed E-state index contributed by atoms with van der Waals surface area (Å²) >= 11 is 0. The predicted molar refractivity (Wildman–Crippen MR) is 110 cm³/mol. The Hall–Kier alpha value is -2.29. The smallest absolute Gasteiger partial charge is 0.282 e. The molecular weight excluding hydrogens is 393 g/mol. The third kappa shape index (κ3) is 4.83. The van der Waals surface area contributed by atoms with E-state index in [0.29, 0.717) is 36.8 Å². The summed E-state index contributed by atoms with van der Waals surface area (Å²) in [5, 5.41) is 2.73. The number of benzene rings is 2. The number of nitrogens with zero attached hydrogens (tertiary/aromatic N) is 1. The molecule has 8 heteroatoms. The number of amides is 1. The summed E-state index contributed by atoms with van der Waals surface area (Å²) in [5.74, 6) is -0.621. The summed E-state index contributed by atoms with van der Waals surface area (Å²) in [7, 11) is -3.56. The Kier molecular flexibility index (Phi) is 6.36. The molecule has 0 spiro atoms. The molecular formula is C21H27FN3O3S+. The van der Waals surface area contributed by atoms with Crippen molar-refractivity contribution < 1.29 is 22.5 Å². The van der Waals surface area contributed by atoms with Gasteiger partial charge in [0.15, 0.2) is 6.04 Å². The van der Waals surface area contributed by atoms with Gasteiger partial charge >= 0.3 is 0 Å². The number of piperazine rings is 1. The molecule has 1 amide bonds. The van der Waals surface area contributed by atoms with Crippen LogP contribution in [0.4, 0.5) is 10.1 Å². The molecule has 0 bridgehead atoms. The standard InChI is InChI=1S/C21H26FN3O3S/c1-15-7-8-16(2)20(13-15)29(27,28)25-11-9-24(10-12-25)17(3)21(26)23-19-6-4-5-18(22)14-19/h4-8,13-14,17H,9-12H2,1-3H3,(H,23,26)/p+1/t17-/m0/s1. The van der Waals surface area contributed by atoms with E-state index in [0.717, 1.165) is 16.0 Å². The van der Waals surface area contributed by atoms with E-state index in [1.807, 2.05) is 19.1 Å². The maximum absolute atomic E-state index is 13.3. The van der Waals surface area contributed by atoms with Crippen molar-refractivity contribution in [3.63, 3.8) is 0 Å². The van der Waals surface area contributed by atoms with Gasteiger partial charge in [-0.05, 0) is 56.2 Å². The number of sulfonamides is 1. The fourth-order valence-corrected chi connectivity index (χ4v) is 5.32. The van der Waals surface area contributed by atoms with Crippen LogP contribution in [0, 0.1) is 19.7 Å². The van der Waals surface area contributed by atoms with Gasteiger partial charge in [0.25, 0.3) is 5.91 Å². The Morgan fingerprint density at radius 2 is 1.83 bits per heavy atom. The van der Waals surface area contributed by atoms with E-state index in [-0.39, 0.29) is 11.9 Å². The quantitative estimate of drug-likeness (QED) is 0.767. The lowest BCUT2D eigenvalue weighted by molar-refractivity contribution is -0.917. The number of anilines is 1. The zero-order valence-corrected chi connectivity index (χ0v) is 17.7. The highest BCUT2D eigenvalue weighted by Crippen LogP contribution is 2.21. The number of carbonyl (C=O) groups is 1. The number of aryl methyl sites for hydroxylation is 2. The molecule has 1 saturated heterocycles. The van der Waals surface area contributed by atoms with Crippen molar-refractivity contribution in [1.82, 2.24) is 4.31 Å².